The number of carbonyl (C=O) groups is 1. The molecule has 0 saturated carbocycles. The number of carbonyl (C=O) groups excluding carboxylic acids is 1. The molecule has 0 fully saturated rings. The lowest BCUT2D eigenvalue weighted by Crippen LogP contribution is -2.22. The lowest BCUT2D eigenvalue weighted by atomic mass is 10.0. The van der Waals surface area contributed by atoms with Crippen LogP contribution in [0.1, 0.15) is 16.7 Å². The lowest BCUT2D eigenvalue weighted by Gasteiger charge is -2.12. The maximum absolute atomic E-state index is 12.4. The molecule has 0 radical (unpaired) electrons. The summed E-state index contributed by atoms with van der Waals surface area (Å²) in [5.41, 5.74) is 4.51. The highest BCUT2D eigenvalue weighted by Gasteiger charge is 2.17. The van der Waals surface area contributed by atoms with E-state index in [1.807, 2.05) is 12.1 Å². The van der Waals surface area contributed by atoms with Gasteiger partial charge in [-0.3, -0.25) is 14.9 Å². The fourth-order valence-corrected chi connectivity index (χ4v) is 3.73. The molecule has 0 heterocycles. The van der Waals surface area contributed by atoms with Gasteiger partial charge < -0.3 is 10.6 Å². The zero-order chi connectivity index (χ0) is 19.0. The van der Waals surface area contributed by atoms with E-state index in [4.69, 9.17) is 0 Å². The number of nitrogens with zero attached hydrogens (tertiary/aromatic N) is 1. The van der Waals surface area contributed by atoms with E-state index in [1.54, 1.807) is 19.1 Å². The highest BCUT2D eigenvalue weighted by molar-refractivity contribution is 6.01. The number of nitro groups is 1. The Bertz CT molecular complexity index is 1070. The average Bonchev–Trinajstić information content (AvgIpc) is 3.08. The third-order valence-corrected chi connectivity index (χ3v) is 5.09. The number of hydrogen-bond donors (Lipinski definition) is 2. The summed E-state index contributed by atoms with van der Waals surface area (Å²) in [5.74, 6) is -0.248. The maximum Gasteiger partial charge on any atom is 0.274 e. The fraction of sp³-hybridized carbons (Fsp3) is 0.190. The van der Waals surface area contributed by atoms with Crippen LogP contribution in [-0.2, 0) is 17.6 Å². The Morgan fingerprint density at radius 2 is 1.78 bits per heavy atom. The van der Waals surface area contributed by atoms with Gasteiger partial charge in [0, 0.05) is 17.1 Å². The van der Waals surface area contributed by atoms with Crippen molar-refractivity contribution in [3.8, 4) is 0 Å². The molecule has 0 aliphatic heterocycles. The molecule has 6 nitrogen and oxygen atoms in total. The van der Waals surface area contributed by atoms with Crippen molar-refractivity contribution in [1.29, 1.82) is 0 Å². The van der Waals surface area contributed by atoms with E-state index < -0.39 is 4.92 Å². The first-order valence-electron chi connectivity index (χ1n) is 8.86. The van der Waals surface area contributed by atoms with Crippen LogP contribution in [-0.4, -0.2) is 17.4 Å². The first-order chi connectivity index (χ1) is 13.0. The summed E-state index contributed by atoms with van der Waals surface area (Å²) in [6, 6.07) is 15.1. The van der Waals surface area contributed by atoms with Gasteiger partial charge in [0.15, 0.2) is 0 Å². The van der Waals surface area contributed by atoms with Gasteiger partial charge in [0.05, 0.1) is 22.7 Å². The second-order valence-electron chi connectivity index (χ2n) is 6.72. The van der Waals surface area contributed by atoms with Crippen molar-refractivity contribution in [3.63, 3.8) is 0 Å². The minimum atomic E-state index is -0.448. The van der Waals surface area contributed by atoms with Crippen molar-refractivity contribution in [2.24, 2.45) is 0 Å². The van der Waals surface area contributed by atoms with E-state index in [0.717, 1.165) is 23.9 Å². The minimum absolute atomic E-state index is 0.00624. The van der Waals surface area contributed by atoms with E-state index in [9.17, 15) is 14.9 Å². The molecule has 6 heteroatoms. The molecule has 1 aliphatic rings. The van der Waals surface area contributed by atoms with Crippen molar-refractivity contribution in [2.75, 3.05) is 17.2 Å². The summed E-state index contributed by atoms with van der Waals surface area (Å²) in [5, 5.41) is 19.4. The lowest BCUT2D eigenvalue weighted by molar-refractivity contribution is -0.385. The van der Waals surface area contributed by atoms with Gasteiger partial charge in [0.2, 0.25) is 5.91 Å². The van der Waals surface area contributed by atoms with Crippen LogP contribution in [0.4, 0.5) is 17.1 Å². The van der Waals surface area contributed by atoms with Crippen molar-refractivity contribution in [2.45, 2.75) is 19.8 Å². The highest BCUT2D eigenvalue weighted by atomic mass is 16.6. The molecule has 3 aromatic carbocycles. The van der Waals surface area contributed by atoms with Gasteiger partial charge in [0.25, 0.3) is 5.69 Å². The molecule has 3 aromatic rings. The third-order valence-electron chi connectivity index (χ3n) is 5.09. The number of nitrogens with one attached hydrogen (secondary N) is 2. The Morgan fingerprint density at radius 3 is 2.56 bits per heavy atom. The Morgan fingerprint density at radius 1 is 1.04 bits per heavy atom. The normalized spacial score (nSPS) is 12.2. The van der Waals surface area contributed by atoms with Crippen molar-refractivity contribution in [1.82, 2.24) is 0 Å². The molecule has 1 aliphatic carbocycles. The van der Waals surface area contributed by atoms with Crippen LogP contribution in [0.2, 0.25) is 0 Å². The molecular weight excluding hydrogens is 342 g/mol. The first-order valence-corrected chi connectivity index (χ1v) is 8.86. The predicted octanol–water partition coefficient (Wildman–Crippen LogP) is 4.21. The van der Waals surface area contributed by atoms with Crippen molar-refractivity contribution < 1.29 is 9.72 Å². The second kappa shape index (κ2) is 6.72. The molecule has 0 unspecified atom stereocenters. The van der Waals surface area contributed by atoms with Gasteiger partial charge in [-0.05, 0) is 48.4 Å². The van der Waals surface area contributed by atoms with E-state index in [-0.39, 0.29) is 18.1 Å². The minimum Gasteiger partial charge on any atom is -0.376 e. The van der Waals surface area contributed by atoms with Crippen LogP contribution in [0.3, 0.4) is 0 Å². The second-order valence-corrected chi connectivity index (χ2v) is 6.72. The Hall–Kier alpha value is -3.41. The molecule has 2 N–H and O–H groups in total. The third kappa shape index (κ3) is 3.10. The SMILES string of the molecule is Cc1c(NC(=O)CNc2ccc3c4c(cccc24)CC3)cccc1[N+](=O)[O-]. The maximum atomic E-state index is 12.4. The standard InChI is InChI=1S/C21H19N3O3/c1-13-17(6-3-7-19(13)24(26)27)23-20(25)12-22-18-11-10-15-9-8-14-4-2-5-16(18)21(14)15/h2-7,10-11,22H,8-9,12H2,1H3,(H,23,25). The summed E-state index contributed by atoms with van der Waals surface area (Å²) in [6.07, 6.45) is 2.12. The summed E-state index contributed by atoms with van der Waals surface area (Å²) in [4.78, 5) is 22.9. The fourth-order valence-electron chi connectivity index (χ4n) is 3.73. The van der Waals surface area contributed by atoms with Gasteiger partial charge in [0.1, 0.15) is 0 Å². The van der Waals surface area contributed by atoms with Crippen LogP contribution in [0, 0.1) is 17.0 Å². The molecule has 0 bridgehead atoms. The molecule has 136 valence electrons. The van der Waals surface area contributed by atoms with Gasteiger partial charge in [-0.1, -0.05) is 30.3 Å². The van der Waals surface area contributed by atoms with Gasteiger partial charge in [-0.25, -0.2) is 0 Å². The van der Waals surface area contributed by atoms with Crippen molar-refractivity contribution in [3.05, 3.63) is 75.3 Å². The molecule has 0 spiro atoms. The highest BCUT2D eigenvalue weighted by Crippen LogP contribution is 2.35. The number of rotatable bonds is 5. The Balaban J connectivity index is 1.51. The number of benzene rings is 3. The molecule has 1 amide bonds. The molecule has 4 rings (SSSR count). The van der Waals surface area contributed by atoms with Crippen LogP contribution < -0.4 is 10.6 Å². The number of nitro benzene ring substituents is 1. The Kier molecular flexibility index (Phi) is 4.24. The molecule has 0 saturated heterocycles. The summed E-state index contributed by atoms with van der Waals surface area (Å²) >= 11 is 0. The van der Waals surface area contributed by atoms with E-state index in [0.29, 0.717) is 11.3 Å². The topological polar surface area (TPSA) is 84.3 Å². The van der Waals surface area contributed by atoms with E-state index >= 15 is 0 Å². The number of aryl methyl sites for hydroxylation is 2. The van der Waals surface area contributed by atoms with Crippen LogP contribution in [0.25, 0.3) is 10.8 Å². The average molecular weight is 361 g/mol. The van der Waals surface area contributed by atoms with Crippen LogP contribution >= 0.6 is 0 Å². The van der Waals surface area contributed by atoms with E-state index in [1.165, 1.54) is 22.6 Å². The zero-order valence-electron chi connectivity index (χ0n) is 14.9. The smallest absolute Gasteiger partial charge is 0.274 e. The van der Waals surface area contributed by atoms with E-state index in [2.05, 4.69) is 28.8 Å². The zero-order valence-corrected chi connectivity index (χ0v) is 14.9. The molecule has 0 aromatic heterocycles. The van der Waals surface area contributed by atoms with Crippen molar-refractivity contribution >= 4 is 33.7 Å². The first kappa shape index (κ1) is 17.0. The molecule has 27 heavy (non-hydrogen) atoms. The summed E-state index contributed by atoms with van der Waals surface area (Å²) < 4.78 is 0. The summed E-state index contributed by atoms with van der Waals surface area (Å²) in [7, 11) is 0. The Labute approximate surface area is 156 Å². The van der Waals surface area contributed by atoms with Gasteiger partial charge >= 0.3 is 0 Å². The monoisotopic (exact) mass is 361 g/mol. The predicted molar refractivity (Wildman–Crippen MR) is 106 cm³/mol. The van der Waals surface area contributed by atoms with Gasteiger partial charge in [-0.2, -0.15) is 0 Å². The summed E-state index contributed by atoms with van der Waals surface area (Å²) in [6.45, 7) is 1.71. The number of anilines is 2. The number of amides is 1. The number of hydrogen-bond acceptors (Lipinski definition) is 4. The van der Waals surface area contributed by atoms with Crippen LogP contribution in [0.5, 0.6) is 0 Å². The quantitative estimate of drug-likeness (QED) is 0.527. The molecular formula is C21H19N3O3. The largest absolute Gasteiger partial charge is 0.376 e. The molecule has 0 atom stereocenters. The van der Waals surface area contributed by atoms with Gasteiger partial charge in [-0.15, -0.1) is 0 Å². The van der Waals surface area contributed by atoms with Crippen LogP contribution in [0.15, 0.2) is 48.5 Å².